The second-order valence-corrected chi connectivity index (χ2v) is 3.66. The SMILES string of the molecule is [CH2]C1(C)C=CC(OC)=C(OC)C1[N+](=O)[O-]. The molecule has 0 saturated heterocycles. The zero-order valence-electron chi connectivity index (χ0n) is 9.02. The number of nitro groups is 1. The van der Waals surface area contributed by atoms with Crippen LogP contribution in [0.15, 0.2) is 23.7 Å². The third kappa shape index (κ3) is 1.95. The van der Waals surface area contributed by atoms with Crippen molar-refractivity contribution < 1.29 is 14.4 Å². The number of nitrogens with zero attached hydrogens (tertiary/aromatic N) is 1. The van der Waals surface area contributed by atoms with Crippen LogP contribution in [-0.4, -0.2) is 25.2 Å². The molecule has 5 heteroatoms. The molecule has 0 aromatic carbocycles. The molecule has 1 rings (SSSR count). The van der Waals surface area contributed by atoms with E-state index in [1.165, 1.54) is 14.2 Å². The summed E-state index contributed by atoms with van der Waals surface area (Å²) in [4.78, 5) is 10.6. The van der Waals surface area contributed by atoms with E-state index in [1.54, 1.807) is 19.1 Å². The summed E-state index contributed by atoms with van der Waals surface area (Å²) in [5, 5.41) is 11.0. The van der Waals surface area contributed by atoms with Crippen molar-refractivity contribution in [2.75, 3.05) is 14.2 Å². The Morgan fingerprint density at radius 2 is 2.13 bits per heavy atom. The summed E-state index contributed by atoms with van der Waals surface area (Å²) < 4.78 is 10.0. The minimum absolute atomic E-state index is 0.211. The lowest BCUT2D eigenvalue weighted by atomic mass is 9.80. The quantitative estimate of drug-likeness (QED) is 0.526. The first kappa shape index (κ1) is 11.6. The lowest BCUT2D eigenvalue weighted by molar-refractivity contribution is -0.530. The van der Waals surface area contributed by atoms with Gasteiger partial charge in [-0.05, 0) is 19.9 Å². The van der Waals surface area contributed by atoms with E-state index >= 15 is 0 Å². The van der Waals surface area contributed by atoms with Crippen molar-refractivity contribution in [3.63, 3.8) is 0 Å². The van der Waals surface area contributed by atoms with Gasteiger partial charge in [-0.1, -0.05) is 6.08 Å². The lowest BCUT2D eigenvalue weighted by Gasteiger charge is -2.29. The Bertz CT molecular complexity index is 330. The molecule has 0 fully saturated rings. The highest BCUT2D eigenvalue weighted by Gasteiger charge is 2.45. The molecule has 0 heterocycles. The maximum atomic E-state index is 11.0. The van der Waals surface area contributed by atoms with Crippen molar-refractivity contribution in [1.29, 1.82) is 0 Å². The Morgan fingerprint density at radius 1 is 1.53 bits per heavy atom. The molecule has 0 aromatic heterocycles. The third-order valence-electron chi connectivity index (χ3n) is 2.38. The van der Waals surface area contributed by atoms with E-state index in [2.05, 4.69) is 6.92 Å². The van der Waals surface area contributed by atoms with Gasteiger partial charge in [-0.2, -0.15) is 0 Å². The third-order valence-corrected chi connectivity index (χ3v) is 2.38. The second kappa shape index (κ2) is 3.92. The predicted octanol–water partition coefficient (Wildman–Crippen LogP) is 1.55. The molecule has 2 atom stereocenters. The van der Waals surface area contributed by atoms with Crippen molar-refractivity contribution in [3.8, 4) is 0 Å². The Balaban J connectivity index is 3.22. The average molecular weight is 212 g/mol. The van der Waals surface area contributed by atoms with Gasteiger partial charge in [-0.25, -0.2) is 0 Å². The Morgan fingerprint density at radius 3 is 2.53 bits per heavy atom. The topological polar surface area (TPSA) is 61.6 Å². The fourth-order valence-corrected chi connectivity index (χ4v) is 1.59. The summed E-state index contributed by atoms with van der Waals surface area (Å²) in [6.45, 7) is 5.48. The van der Waals surface area contributed by atoms with E-state index in [0.717, 1.165) is 0 Å². The maximum Gasteiger partial charge on any atom is 0.281 e. The first-order chi connectivity index (χ1) is 6.94. The van der Waals surface area contributed by atoms with Gasteiger partial charge in [0.25, 0.3) is 6.04 Å². The summed E-state index contributed by atoms with van der Waals surface area (Å²) in [6.07, 6.45) is 3.30. The number of methoxy groups -OCH3 is 2. The van der Waals surface area contributed by atoms with E-state index in [-0.39, 0.29) is 5.76 Å². The number of hydrogen-bond acceptors (Lipinski definition) is 4. The Kier molecular flexibility index (Phi) is 3.02. The van der Waals surface area contributed by atoms with Gasteiger partial charge >= 0.3 is 0 Å². The van der Waals surface area contributed by atoms with Crippen LogP contribution in [0, 0.1) is 22.5 Å². The molecule has 0 aromatic rings. The number of rotatable bonds is 3. The molecular formula is C10H14NO4. The molecule has 2 unspecified atom stereocenters. The minimum atomic E-state index is -1.01. The highest BCUT2D eigenvalue weighted by Crippen LogP contribution is 2.35. The summed E-state index contributed by atoms with van der Waals surface area (Å²) >= 11 is 0. The molecule has 1 radical (unpaired) electrons. The highest BCUT2D eigenvalue weighted by atomic mass is 16.6. The van der Waals surface area contributed by atoms with Crippen LogP contribution in [0.5, 0.6) is 0 Å². The normalized spacial score (nSPS) is 23.9. The molecule has 0 N–H and O–H groups in total. The van der Waals surface area contributed by atoms with Crippen molar-refractivity contribution in [2.45, 2.75) is 13.0 Å². The molecule has 15 heavy (non-hydrogen) atoms. The first-order valence-electron chi connectivity index (χ1n) is 4.44. The standard InChI is InChI=1S/C10H14NO4/c1-10(2)6-5-7(14-3)8(15-4)9(10)11(12)13/h5-6,9H,1H2,2-4H3. The zero-order chi connectivity index (χ0) is 11.6. The van der Waals surface area contributed by atoms with Gasteiger partial charge < -0.3 is 9.47 Å². The van der Waals surface area contributed by atoms with Crippen LogP contribution < -0.4 is 0 Å². The molecule has 0 aliphatic heterocycles. The Hall–Kier alpha value is -1.52. The fraction of sp³-hybridized carbons (Fsp3) is 0.500. The molecule has 1 aliphatic carbocycles. The van der Waals surface area contributed by atoms with Gasteiger partial charge in [-0.3, -0.25) is 10.1 Å². The largest absolute Gasteiger partial charge is 0.493 e. The molecular weight excluding hydrogens is 198 g/mol. The number of hydrogen-bond donors (Lipinski definition) is 0. The van der Waals surface area contributed by atoms with Gasteiger partial charge in [0.05, 0.1) is 19.6 Å². The minimum Gasteiger partial charge on any atom is -0.493 e. The molecule has 83 valence electrons. The van der Waals surface area contributed by atoms with Crippen molar-refractivity contribution in [3.05, 3.63) is 40.7 Å². The van der Waals surface area contributed by atoms with Gasteiger partial charge in [0.15, 0.2) is 5.76 Å². The Labute approximate surface area is 88.5 Å². The summed E-state index contributed by atoms with van der Waals surface area (Å²) in [6, 6.07) is -1.01. The van der Waals surface area contributed by atoms with Gasteiger partial charge in [0.2, 0.25) is 5.76 Å². The predicted molar refractivity (Wildman–Crippen MR) is 54.4 cm³/mol. The summed E-state index contributed by atoms with van der Waals surface area (Å²) in [7, 11) is 2.83. The van der Waals surface area contributed by atoms with Crippen LogP contribution in [0.4, 0.5) is 0 Å². The lowest BCUT2D eigenvalue weighted by Crippen LogP contribution is -2.40. The fourth-order valence-electron chi connectivity index (χ4n) is 1.59. The highest BCUT2D eigenvalue weighted by molar-refractivity contribution is 5.30. The average Bonchev–Trinajstić information content (AvgIpc) is 2.15. The van der Waals surface area contributed by atoms with Crippen LogP contribution in [0.25, 0.3) is 0 Å². The van der Waals surface area contributed by atoms with Crippen LogP contribution in [0.2, 0.25) is 0 Å². The maximum absolute atomic E-state index is 11.0. The number of ether oxygens (including phenoxy) is 2. The van der Waals surface area contributed by atoms with E-state index < -0.39 is 16.4 Å². The van der Waals surface area contributed by atoms with Gasteiger partial charge in [0, 0.05) is 4.92 Å². The van der Waals surface area contributed by atoms with Crippen molar-refractivity contribution in [2.24, 2.45) is 5.41 Å². The van der Waals surface area contributed by atoms with Crippen LogP contribution in [0.3, 0.4) is 0 Å². The molecule has 0 saturated carbocycles. The van der Waals surface area contributed by atoms with Crippen LogP contribution >= 0.6 is 0 Å². The second-order valence-electron chi connectivity index (χ2n) is 3.66. The van der Waals surface area contributed by atoms with Crippen LogP contribution in [-0.2, 0) is 9.47 Å². The monoisotopic (exact) mass is 212 g/mol. The molecule has 0 spiro atoms. The summed E-state index contributed by atoms with van der Waals surface area (Å²) in [5.41, 5.74) is -0.823. The van der Waals surface area contributed by atoms with Gasteiger partial charge in [0.1, 0.15) is 0 Å². The van der Waals surface area contributed by atoms with E-state index in [1.807, 2.05) is 0 Å². The van der Waals surface area contributed by atoms with Crippen LogP contribution in [0.1, 0.15) is 6.92 Å². The summed E-state index contributed by atoms with van der Waals surface area (Å²) in [5.74, 6) is 0.586. The first-order valence-corrected chi connectivity index (χ1v) is 4.44. The van der Waals surface area contributed by atoms with Crippen molar-refractivity contribution in [1.82, 2.24) is 0 Å². The van der Waals surface area contributed by atoms with E-state index in [9.17, 15) is 10.1 Å². The molecule has 0 amide bonds. The molecule has 5 nitrogen and oxygen atoms in total. The van der Waals surface area contributed by atoms with E-state index in [0.29, 0.717) is 5.76 Å². The van der Waals surface area contributed by atoms with Gasteiger partial charge in [-0.15, -0.1) is 0 Å². The van der Waals surface area contributed by atoms with E-state index in [4.69, 9.17) is 9.47 Å². The number of allylic oxidation sites excluding steroid dienone is 1. The zero-order valence-corrected chi connectivity index (χ0v) is 9.02. The van der Waals surface area contributed by atoms with Crippen molar-refractivity contribution >= 4 is 0 Å². The molecule has 1 aliphatic rings. The molecule has 0 bridgehead atoms. The smallest absolute Gasteiger partial charge is 0.281 e.